The van der Waals surface area contributed by atoms with Crippen LogP contribution >= 0.6 is 0 Å². The molecule has 0 aromatic heterocycles. The molecule has 0 saturated heterocycles. The molecule has 76 valence electrons. The Hall–Kier alpha value is -1.56. The topological polar surface area (TPSA) is 32.3 Å². The molecule has 0 aliphatic carbocycles. The molecule has 2 N–H and O–H groups in total. The van der Waals surface area contributed by atoms with Crippen molar-refractivity contribution in [1.82, 2.24) is 0 Å². The molecule has 0 aliphatic rings. The molecule has 0 heterocycles. The zero-order valence-electron chi connectivity index (χ0n) is 6.74. The van der Waals surface area contributed by atoms with Crippen LogP contribution in [0.25, 0.3) is 6.08 Å². The van der Waals surface area contributed by atoms with E-state index in [0.29, 0.717) is 6.08 Å². The maximum Gasteiger partial charge on any atom is 0.188 e. The maximum absolute atomic E-state index is 12.9. The number of hydrogen-bond acceptors (Lipinski definition) is 2. The summed E-state index contributed by atoms with van der Waals surface area (Å²) in [6.45, 7) is 2.99. The normalized spacial score (nSPS) is 10.1. The Morgan fingerprint density at radius 2 is 1.43 bits per heavy atom. The number of benzene rings is 1. The molecule has 2 nitrogen and oxygen atoms in total. The highest BCUT2D eigenvalue weighted by Gasteiger charge is 2.23. The summed E-state index contributed by atoms with van der Waals surface area (Å²) in [5.41, 5.74) is -1.16. The molecule has 0 bridgehead atoms. The second kappa shape index (κ2) is 3.67. The molecule has 1 rings (SSSR count). The van der Waals surface area contributed by atoms with E-state index in [2.05, 4.69) is 6.58 Å². The van der Waals surface area contributed by atoms with Crippen LogP contribution in [0, 0.1) is 23.3 Å². The molecular formula is C8H5F4NO. The molecule has 0 radical (unpaired) electrons. The van der Waals surface area contributed by atoms with Gasteiger partial charge in [0.15, 0.2) is 23.3 Å². The second-order valence-corrected chi connectivity index (χ2v) is 2.36. The standard InChI is InChI=1S/C8H5F4NO/c1-2-3-4(9)6(11)8(13-14)7(12)5(3)10/h2,13-14H,1H2. The second-order valence-electron chi connectivity index (χ2n) is 2.36. The third kappa shape index (κ3) is 1.33. The zero-order valence-corrected chi connectivity index (χ0v) is 6.74. The number of nitrogens with one attached hydrogen (secondary N) is 1. The van der Waals surface area contributed by atoms with Crippen molar-refractivity contribution < 1.29 is 22.8 Å². The van der Waals surface area contributed by atoms with Gasteiger partial charge in [-0.25, -0.2) is 17.6 Å². The van der Waals surface area contributed by atoms with Gasteiger partial charge in [-0.3, -0.25) is 10.7 Å². The summed E-state index contributed by atoms with van der Waals surface area (Å²) in [5.74, 6) is -6.64. The van der Waals surface area contributed by atoms with Gasteiger partial charge in [-0.15, -0.1) is 0 Å². The van der Waals surface area contributed by atoms with Gasteiger partial charge < -0.3 is 0 Å². The smallest absolute Gasteiger partial charge is 0.188 e. The first-order valence-corrected chi connectivity index (χ1v) is 3.43. The summed E-state index contributed by atoms with van der Waals surface area (Å²) in [4.78, 5) is 0. The Labute approximate surface area is 76.4 Å². The van der Waals surface area contributed by atoms with E-state index >= 15 is 0 Å². The van der Waals surface area contributed by atoms with Crippen molar-refractivity contribution in [1.29, 1.82) is 0 Å². The minimum absolute atomic E-state index is 0.637. The molecular weight excluding hydrogens is 202 g/mol. The Morgan fingerprint density at radius 3 is 1.71 bits per heavy atom. The Balaban J connectivity index is 3.63. The monoisotopic (exact) mass is 207 g/mol. The third-order valence-corrected chi connectivity index (χ3v) is 1.61. The average Bonchev–Trinajstić information content (AvgIpc) is 2.17. The summed E-state index contributed by atoms with van der Waals surface area (Å²) in [6.07, 6.45) is 0.637. The summed E-state index contributed by atoms with van der Waals surface area (Å²) in [7, 11) is 0. The predicted octanol–water partition coefficient (Wildman–Crippen LogP) is 2.69. The minimum Gasteiger partial charge on any atom is -0.291 e. The molecule has 0 saturated carbocycles. The Morgan fingerprint density at radius 1 is 1.00 bits per heavy atom. The SMILES string of the molecule is C=Cc1c(F)c(F)c(NO)c(F)c1F. The van der Waals surface area contributed by atoms with E-state index in [1.54, 1.807) is 0 Å². The van der Waals surface area contributed by atoms with Gasteiger partial charge in [0, 0.05) is 0 Å². The summed E-state index contributed by atoms with van der Waals surface area (Å²) >= 11 is 0. The van der Waals surface area contributed by atoms with Gasteiger partial charge in [-0.2, -0.15) is 0 Å². The summed E-state index contributed by atoms with van der Waals surface area (Å²) in [5, 5.41) is 8.22. The van der Waals surface area contributed by atoms with Crippen molar-refractivity contribution in [2.24, 2.45) is 0 Å². The van der Waals surface area contributed by atoms with Gasteiger partial charge >= 0.3 is 0 Å². The number of halogens is 4. The van der Waals surface area contributed by atoms with E-state index in [1.165, 1.54) is 0 Å². The van der Waals surface area contributed by atoms with Crippen molar-refractivity contribution >= 4 is 11.8 Å². The molecule has 0 amide bonds. The van der Waals surface area contributed by atoms with Crippen LogP contribution in [-0.4, -0.2) is 5.21 Å². The van der Waals surface area contributed by atoms with E-state index < -0.39 is 34.5 Å². The molecule has 0 atom stereocenters. The average molecular weight is 207 g/mol. The molecule has 6 heteroatoms. The third-order valence-electron chi connectivity index (χ3n) is 1.61. The van der Waals surface area contributed by atoms with Crippen LogP contribution < -0.4 is 5.48 Å². The maximum atomic E-state index is 12.9. The quantitative estimate of drug-likeness (QED) is 0.444. The first kappa shape index (κ1) is 10.5. The lowest BCUT2D eigenvalue weighted by molar-refractivity contribution is 0.367. The van der Waals surface area contributed by atoms with Crippen LogP contribution in [0.4, 0.5) is 23.2 Å². The highest BCUT2D eigenvalue weighted by atomic mass is 19.2. The van der Waals surface area contributed by atoms with Crippen molar-refractivity contribution in [3.8, 4) is 0 Å². The van der Waals surface area contributed by atoms with Crippen LogP contribution in [0.1, 0.15) is 5.56 Å². The van der Waals surface area contributed by atoms with Gasteiger partial charge in [0.25, 0.3) is 0 Å². The van der Waals surface area contributed by atoms with Crippen molar-refractivity contribution in [3.05, 3.63) is 35.4 Å². The van der Waals surface area contributed by atoms with Gasteiger partial charge in [0.05, 0.1) is 5.56 Å². The van der Waals surface area contributed by atoms with Crippen LogP contribution in [0.5, 0.6) is 0 Å². The molecule has 0 spiro atoms. The fourth-order valence-electron chi connectivity index (χ4n) is 0.926. The highest BCUT2D eigenvalue weighted by molar-refractivity contribution is 5.56. The van der Waals surface area contributed by atoms with Crippen molar-refractivity contribution in [3.63, 3.8) is 0 Å². The number of rotatable bonds is 2. The van der Waals surface area contributed by atoms with Crippen LogP contribution in [0.2, 0.25) is 0 Å². The van der Waals surface area contributed by atoms with Gasteiger partial charge in [0.1, 0.15) is 5.69 Å². The van der Waals surface area contributed by atoms with E-state index in [0.717, 1.165) is 5.48 Å². The predicted molar refractivity (Wildman–Crippen MR) is 41.8 cm³/mol. The Bertz CT molecular complexity index is 362. The largest absolute Gasteiger partial charge is 0.291 e. The van der Waals surface area contributed by atoms with Crippen LogP contribution in [0.3, 0.4) is 0 Å². The van der Waals surface area contributed by atoms with Crippen LogP contribution in [-0.2, 0) is 0 Å². The highest BCUT2D eigenvalue weighted by Crippen LogP contribution is 2.27. The fourth-order valence-corrected chi connectivity index (χ4v) is 0.926. The molecule has 1 aromatic carbocycles. The lowest BCUT2D eigenvalue weighted by Crippen LogP contribution is -2.06. The minimum atomic E-state index is -1.71. The van der Waals surface area contributed by atoms with Gasteiger partial charge in [0.2, 0.25) is 0 Å². The lowest BCUT2D eigenvalue weighted by atomic mass is 10.1. The number of anilines is 1. The molecule has 0 unspecified atom stereocenters. The van der Waals surface area contributed by atoms with Crippen LogP contribution in [0.15, 0.2) is 6.58 Å². The Kier molecular flexibility index (Phi) is 2.76. The molecule has 1 aromatic rings. The summed E-state index contributed by atoms with van der Waals surface area (Å²) in [6, 6.07) is 0. The van der Waals surface area contributed by atoms with Crippen molar-refractivity contribution in [2.45, 2.75) is 0 Å². The van der Waals surface area contributed by atoms with E-state index in [9.17, 15) is 17.6 Å². The lowest BCUT2D eigenvalue weighted by Gasteiger charge is -2.07. The first-order valence-electron chi connectivity index (χ1n) is 3.43. The fraction of sp³-hybridized carbons (Fsp3) is 0. The molecule has 0 aliphatic heterocycles. The van der Waals surface area contributed by atoms with E-state index in [4.69, 9.17) is 5.21 Å². The van der Waals surface area contributed by atoms with Gasteiger partial charge in [-0.1, -0.05) is 12.7 Å². The zero-order chi connectivity index (χ0) is 10.9. The molecule has 14 heavy (non-hydrogen) atoms. The van der Waals surface area contributed by atoms with Gasteiger partial charge in [-0.05, 0) is 0 Å². The number of hydrogen-bond donors (Lipinski definition) is 2. The first-order chi connectivity index (χ1) is 6.54. The van der Waals surface area contributed by atoms with E-state index in [1.807, 2.05) is 0 Å². The van der Waals surface area contributed by atoms with Crippen molar-refractivity contribution in [2.75, 3.05) is 5.48 Å². The molecule has 0 fully saturated rings. The van der Waals surface area contributed by atoms with E-state index in [-0.39, 0.29) is 0 Å². The summed E-state index contributed by atoms with van der Waals surface area (Å²) < 4.78 is 51.4.